The lowest BCUT2D eigenvalue weighted by atomic mass is 10.1. The van der Waals surface area contributed by atoms with Crippen LogP contribution in [0, 0.1) is 0 Å². The smallest absolute Gasteiger partial charge is 0.0661 e. The summed E-state index contributed by atoms with van der Waals surface area (Å²) in [5.74, 6) is 0. The predicted octanol–water partition coefficient (Wildman–Crippen LogP) is 5.58. The zero-order valence-corrected chi connectivity index (χ0v) is 12.9. The molecule has 3 aromatic rings. The highest BCUT2D eigenvalue weighted by Gasteiger charge is 2.02. The van der Waals surface area contributed by atoms with Gasteiger partial charge in [0, 0.05) is 15.8 Å². The van der Waals surface area contributed by atoms with Gasteiger partial charge in [-0.15, -0.1) is 0 Å². The SMILES string of the molecule is Nc1ccc(Nc2ccc3cc(Br)ccc3c2)c(Cl)c1. The number of nitrogens with two attached hydrogens (primary N) is 1. The summed E-state index contributed by atoms with van der Waals surface area (Å²) in [6.45, 7) is 0. The Balaban J connectivity index is 1.96. The molecule has 0 atom stereocenters. The first-order chi connectivity index (χ1) is 9.61. The van der Waals surface area contributed by atoms with Gasteiger partial charge in [-0.2, -0.15) is 0 Å². The van der Waals surface area contributed by atoms with Crippen molar-refractivity contribution in [3.8, 4) is 0 Å². The Hall–Kier alpha value is -1.71. The van der Waals surface area contributed by atoms with Gasteiger partial charge in [-0.25, -0.2) is 0 Å². The highest BCUT2D eigenvalue weighted by Crippen LogP contribution is 2.29. The van der Waals surface area contributed by atoms with Gasteiger partial charge in [0.25, 0.3) is 0 Å². The van der Waals surface area contributed by atoms with Gasteiger partial charge in [0.15, 0.2) is 0 Å². The number of fused-ring (bicyclic) bond motifs is 1. The van der Waals surface area contributed by atoms with Gasteiger partial charge in [-0.3, -0.25) is 0 Å². The van der Waals surface area contributed by atoms with Gasteiger partial charge in [-0.1, -0.05) is 39.7 Å². The van der Waals surface area contributed by atoms with Gasteiger partial charge >= 0.3 is 0 Å². The maximum atomic E-state index is 6.17. The first-order valence-electron chi connectivity index (χ1n) is 6.13. The van der Waals surface area contributed by atoms with E-state index in [4.69, 9.17) is 17.3 Å². The van der Waals surface area contributed by atoms with Crippen molar-refractivity contribution in [1.82, 2.24) is 0 Å². The van der Waals surface area contributed by atoms with E-state index >= 15 is 0 Å². The molecule has 0 unspecified atom stereocenters. The van der Waals surface area contributed by atoms with E-state index in [1.165, 1.54) is 10.8 Å². The minimum absolute atomic E-state index is 0.612. The molecule has 0 aliphatic heterocycles. The summed E-state index contributed by atoms with van der Waals surface area (Å²) in [5, 5.41) is 6.28. The molecule has 0 heterocycles. The lowest BCUT2D eigenvalue weighted by Gasteiger charge is -2.10. The van der Waals surface area contributed by atoms with E-state index in [0.29, 0.717) is 10.7 Å². The zero-order valence-electron chi connectivity index (χ0n) is 10.5. The number of nitrogens with one attached hydrogen (secondary N) is 1. The van der Waals surface area contributed by atoms with Crippen molar-refractivity contribution < 1.29 is 0 Å². The van der Waals surface area contributed by atoms with E-state index in [-0.39, 0.29) is 0 Å². The Labute approximate surface area is 130 Å². The maximum Gasteiger partial charge on any atom is 0.0661 e. The van der Waals surface area contributed by atoms with Gasteiger partial charge in [-0.05, 0) is 53.2 Å². The molecule has 3 aromatic carbocycles. The third-order valence-corrected chi connectivity index (χ3v) is 3.88. The molecule has 0 amide bonds. The molecule has 0 bridgehead atoms. The van der Waals surface area contributed by atoms with Crippen molar-refractivity contribution >= 4 is 55.4 Å². The number of anilines is 3. The number of benzene rings is 3. The standard InChI is InChI=1S/C16H12BrClN2/c17-12-3-1-11-8-14(5-2-10(11)7-12)20-16-6-4-13(19)9-15(16)18/h1-9,20H,19H2. The number of rotatable bonds is 2. The van der Waals surface area contributed by atoms with Gasteiger partial charge < -0.3 is 11.1 Å². The molecule has 0 aromatic heterocycles. The highest BCUT2D eigenvalue weighted by atomic mass is 79.9. The Morgan fingerprint density at radius 1 is 0.900 bits per heavy atom. The van der Waals surface area contributed by atoms with Crippen LogP contribution in [0.4, 0.5) is 17.1 Å². The molecule has 0 radical (unpaired) electrons. The van der Waals surface area contributed by atoms with Crippen molar-refractivity contribution in [1.29, 1.82) is 0 Å². The van der Waals surface area contributed by atoms with Crippen molar-refractivity contribution in [3.63, 3.8) is 0 Å². The van der Waals surface area contributed by atoms with E-state index in [1.54, 1.807) is 6.07 Å². The summed E-state index contributed by atoms with van der Waals surface area (Å²) in [6.07, 6.45) is 0. The molecule has 0 saturated carbocycles. The lowest BCUT2D eigenvalue weighted by molar-refractivity contribution is 1.56. The monoisotopic (exact) mass is 346 g/mol. The van der Waals surface area contributed by atoms with Crippen LogP contribution < -0.4 is 11.1 Å². The maximum absolute atomic E-state index is 6.17. The van der Waals surface area contributed by atoms with Crippen LogP contribution in [0.2, 0.25) is 5.02 Å². The molecule has 4 heteroatoms. The number of hydrogen-bond acceptors (Lipinski definition) is 2. The van der Waals surface area contributed by atoms with Crippen molar-refractivity contribution in [3.05, 3.63) is 64.1 Å². The number of halogens is 2. The second kappa shape index (κ2) is 5.35. The van der Waals surface area contributed by atoms with Crippen LogP contribution in [0.25, 0.3) is 10.8 Å². The Bertz CT molecular complexity index is 787. The van der Waals surface area contributed by atoms with Crippen LogP contribution >= 0.6 is 27.5 Å². The fraction of sp³-hybridized carbons (Fsp3) is 0. The molecule has 20 heavy (non-hydrogen) atoms. The fourth-order valence-electron chi connectivity index (χ4n) is 2.08. The van der Waals surface area contributed by atoms with Gasteiger partial charge in [0.05, 0.1) is 10.7 Å². The summed E-state index contributed by atoms with van der Waals surface area (Å²) in [4.78, 5) is 0. The lowest BCUT2D eigenvalue weighted by Crippen LogP contribution is -1.92. The number of hydrogen-bond donors (Lipinski definition) is 2. The molecule has 3 rings (SSSR count). The van der Waals surface area contributed by atoms with E-state index in [2.05, 4.69) is 45.5 Å². The second-order valence-electron chi connectivity index (χ2n) is 4.57. The largest absolute Gasteiger partial charge is 0.399 e. The molecular formula is C16H12BrClN2. The van der Waals surface area contributed by atoms with Crippen molar-refractivity contribution in [2.24, 2.45) is 0 Å². The van der Waals surface area contributed by atoms with Gasteiger partial charge in [0.2, 0.25) is 0 Å². The Morgan fingerprint density at radius 2 is 1.65 bits per heavy atom. The molecule has 2 nitrogen and oxygen atoms in total. The Morgan fingerprint density at radius 3 is 2.45 bits per heavy atom. The van der Waals surface area contributed by atoms with Crippen LogP contribution in [0.5, 0.6) is 0 Å². The summed E-state index contributed by atoms with van der Waals surface area (Å²) >= 11 is 9.65. The normalized spacial score (nSPS) is 10.7. The molecule has 0 spiro atoms. The minimum Gasteiger partial charge on any atom is -0.399 e. The minimum atomic E-state index is 0.612. The first-order valence-corrected chi connectivity index (χ1v) is 7.30. The second-order valence-corrected chi connectivity index (χ2v) is 5.89. The molecule has 3 N–H and O–H groups in total. The van der Waals surface area contributed by atoms with E-state index in [0.717, 1.165) is 15.8 Å². The quantitative estimate of drug-likeness (QED) is 0.594. The van der Waals surface area contributed by atoms with E-state index in [1.807, 2.05) is 24.3 Å². The highest BCUT2D eigenvalue weighted by molar-refractivity contribution is 9.10. The molecular weight excluding hydrogens is 336 g/mol. The molecule has 0 aliphatic rings. The summed E-state index contributed by atoms with van der Waals surface area (Å²) in [5.41, 5.74) is 8.19. The first kappa shape index (κ1) is 13.3. The Kier molecular flexibility index (Phi) is 3.55. The molecule has 100 valence electrons. The summed E-state index contributed by atoms with van der Waals surface area (Å²) < 4.78 is 1.08. The van der Waals surface area contributed by atoms with Crippen LogP contribution in [0.3, 0.4) is 0 Å². The molecule has 0 fully saturated rings. The van der Waals surface area contributed by atoms with Crippen molar-refractivity contribution in [2.75, 3.05) is 11.1 Å². The van der Waals surface area contributed by atoms with Crippen LogP contribution in [0.15, 0.2) is 59.1 Å². The van der Waals surface area contributed by atoms with Crippen LogP contribution in [-0.2, 0) is 0 Å². The van der Waals surface area contributed by atoms with Gasteiger partial charge in [0.1, 0.15) is 0 Å². The fourth-order valence-corrected chi connectivity index (χ4v) is 2.70. The average Bonchev–Trinajstić information content (AvgIpc) is 2.42. The number of nitrogen functional groups attached to an aromatic ring is 1. The van der Waals surface area contributed by atoms with Crippen molar-refractivity contribution in [2.45, 2.75) is 0 Å². The van der Waals surface area contributed by atoms with Crippen LogP contribution in [0.1, 0.15) is 0 Å². The summed E-state index contributed by atoms with van der Waals surface area (Å²) in [6, 6.07) is 17.8. The zero-order chi connectivity index (χ0) is 14.1. The summed E-state index contributed by atoms with van der Waals surface area (Å²) in [7, 11) is 0. The third kappa shape index (κ3) is 2.74. The van der Waals surface area contributed by atoms with Crippen LogP contribution in [-0.4, -0.2) is 0 Å². The van der Waals surface area contributed by atoms with E-state index < -0.39 is 0 Å². The predicted molar refractivity (Wildman–Crippen MR) is 90.8 cm³/mol. The van der Waals surface area contributed by atoms with E-state index in [9.17, 15) is 0 Å². The topological polar surface area (TPSA) is 38.0 Å². The third-order valence-electron chi connectivity index (χ3n) is 3.07. The molecule has 0 aliphatic carbocycles. The molecule has 0 saturated heterocycles. The average molecular weight is 348 g/mol.